The number of halogens is 1. The molecule has 0 saturated carbocycles. The summed E-state index contributed by atoms with van der Waals surface area (Å²) in [5, 5.41) is 10.9. The Morgan fingerprint density at radius 2 is 1.94 bits per heavy atom. The third kappa shape index (κ3) is 1.80. The van der Waals surface area contributed by atoms with Gasteiger partial charge in [-0.1, -0.05) is 5.21 Å². The normalized spacial score (nSPS) is 28.8. The van der Waals surface area contributed by atoms with Gasteiger partial charge >= 0.3 is 0 Å². The molecule has 0 aliphatic carbocycles. The summed E-state index contributed by atoms with van der Waals surface area (Å²) in [6, 6.07) is 0. The molecule has 0 amide bonds. The Morgan fingerprint density at radius 3 is 2.44 bits per heavy atom. The standard InChI is InChI=1S/C9H14BrN5O2S/c1-14-9(8(10)12-13-14)18(16,17)15-4-6-2-11-3-7(6)5-15/h6-7,11H,2-5H2,1H3/t6-,7+. The lowest BCUT2D eigenvalue weighted by molar-refractivity contribution is 0.440. The smallest absolute Gasteiger partial charge is 0.263 e. The molecule has 9 heteroatoms. The van der Waals surface area contributed by atoms with E-state index in [1.54, 1.807) is 11.4 Å². The number of hydrogen-bond donors (Lipinski definition) is 1. The molecule has 1 aromatic rings. The van der Waals surface area contributed by atoms with E-state index >= 15 is 0 Å². The van der Waals surface area contributed by atoms with E-state index in [1.807, 2.05) is 0 Å². The summed E-state index contributed by atoms with van der Waals surface area (Å²) in [7, 11) is -1.92. The molecular weight excluding hydrogens is 322 g/mol. The highest BCUT2D eigenvalue weighted by Crippen LogP contribution is 2.32. The summed E-state index contributed by atoms with van der Waals surface area (Å²) in [6.45, 7) is 2.97. The van der Waals surface area contributed by atoms with Gasteiger partial charge in [-0.05, 0) is 40.9 Å². The molecule has 100 valence electrons. The molecule has 0 unspecified atom stereocenters. The molecule has 0 radical (unpaired) electrons. The highest BCUT2D eigenvalue weighted by atomic mass is 79.9. The van der Waals surface area contributed by atoms with Gasteiger partial charge in [0, 0.05) is 20.1 Å². The molecule has 2 atom stereocenters. The van der Waals surface area contributed by atoms with E-state index in [0.717, 1.165) is 13.1 Å². The van der Waals surface area contributed by atoms with Crippen molar-refractivity contribution in [2.75, 3.05) is 26.2 Å². The molecule has 2 saturated heterocycles. The first-order chi connectivity index (χ1) is 8.50. The minimum absolute atomic E-state index is 0.135. The lowest BCUT2D eigenvalue weighted by Gasteiger charge is -2.17. The molecule has 18 heavy (non-hydrogen) atoms. The molecule has 2 fully saturated rings. The van der Waals surface area contributed by atoms with Crippen molar-refractivity contribution in [3.05, 3.63) is 4.60 Å². The van der Waals surface area contributed by atoms with Gasteiger partial charge in [0.2, 0.25) is 5.03 Å². The van der Waals surface area contributed by atoms with Gasteiger partial charge in [-0.3, -0.25) is 0 Å². The van der Waals surface area contributed by atoms with E-state index in [2.05, 4.69) is 31.6 Å². The van der Waals surface area contributed by atoms with Crippen molar-refractivity contribution < 1.29 is 8.42 Å². The van der Waals surface area contributed by atoms with Gasteiger partial charge in [-0.15, -0.1) is 5.10 Å². The third-order valence-corrected chi connectivity index (χ3v) is 6.40. The maximum Gasteiger partial charge on any atom is 0.263 e. The quantitative estimate of drug-likeness (QED) is 0.782. The number of nitrogens with zero attached hydrogens (tertiary/aromatic N) is 4. The molecule has 2 aliphatic rings. The lowest BCUT2D eigenvalue weighted by atomic mass is 10.0. The number of aromatic nitrogens is 3. The molecule has 1 aromatic heterocycles. The second kappa shape index (κ2) is 4.26. The molecular formula is C9H14BrN5O2S. The van der Waals surface area contributed by atoms with Gasteiger partial charge in [-0.2, -0.15) is 4.31 Å². The number of fused-ring (bicyclic) bond motifs is 1. The van der Waals surface area contributed by atoms with E-state index in [4.69, 9.17) is 0 Å². The monoisotopic (exact) mass is 335 g/mol. The Bertz CT molecular complexity index is 540. The van der Waals surface area contributed by atoms with Crippen molar-refractivity contribution in [3.63, 3.8) is 0 Å². The molecule has 3 heterocycles. The van der Waals surface area contributed by atoms with Gasteiger partial charge in [0.05, 0.1) is 0 Å². The van der Waals surface area contributed by atoms with Gasteiger partial charge in [-0.25, -0.2) is 13.1 Å². The van der Waals surface area contributed by atoms with Gasteiger partial charge in [0.25, 0.3) is 10.0 Å². The van der Waals surface area contributed by atoms with Crippen LogP contribution >= 0.6 is 15.9 Å². The topological polar surface area (TPSA) is 80.1 Å². The van der Waals surface area contributed by atoms with Crippen LogP contribution in [-0.4, -0.2) is 53.9 Å². The van der Waals surface area contributed by atoms with Crippen LogP contribution in [0.5, 0.6) is 0 Å². The summed E-state index contributed by atoms with van der Waals surface area (Å²) in [6.07, 6.45) is 0. The molecule has 0 spiro atoms. The van der Waals surface area contributed by atoms with Crippen LogP contribution in [-0.2, 0) is 17.1 Å². The van der Waals surface area contributed by atoms with Crippen molar-refractivity contribution in [1.29, 1.82) is 0 Å². The molecule has 2 aliphatic heterocycles. The van der Waals surface area contributed by atoms with Crippen molar-refractivity contribution >= 4 is 26.0 Å². The van der Waals surface area contributed by atoms with Crippen LogP contribution < -0.4 is 5.32 Å². The summed E-state index contributed by atoms with van der Waals surface area (Å²) < 4.78 is 28.2. The van der Waals surface area contributed by atoms with E-state index < -0.39 is 10.0 Å². The summed E-state index contributed by atoms with van der Waals surface area (Å²) in [5.74, 6) is 0.861. The fourth-order valence-electron chi connectivity index (χ4n) is 2.73. The first kappa shape index (κ1) is 12.5. The minimum atomic E-state index is -3.50. The van der Waals surface area contributed by atoms with Crippen LogP contribution in [0.3, 0.4) is 0 Å². The number of nitrogens with one attached hydrogen (secondary N) is 1. The number of hydrogen-bond acceptors (Lipinski definition) is 5. The van der Waals surface area contributed by atoms with E-state index in [9.17, 15) is 8.42 Å². The van der Waals surface area contributed by atoms with Crippen LogP contribution in [0.15, 0.2) is 9.63 Å². The number of aryl methyl sites for hydroxylation is 1. The predicted molar refractivity (Wildman–Crippen MR) is 67.3 cm³/mol. The van der Waals surface area contributed by atoms with Crippen LogP contribution in [0.25, 0.3) is 0 Å². The number of rotatable bonds is 2. The molecule has 1 N–H and O–H groups in total. The Labute approximate surface area is 114 Å². The summed E-state index contributed by atoms with van der Waals surface area (Å²) in [4.78, 5) is 0. The Kier molecular flexibility index (Phi) is 2.96. The molecule has 7 nitrogen and oxygen atoms in total. The van der Waals surface area contributed by atoms with Gasteiger partial charge < -0.3 is 5.32 Å². The summed E-state index contributed by atoms with van der Waals surface area (Å²) in [5.41, 5.74) is 0. The first-order valence-electron chi connectivity index (χ1n) is 5.76. The second-order valence-electron chi connectivity index (χ2n) is 4.81. The second-order valence-corrected chi connectivity index (χ2v) is 7.41. The average Bonchev–Trinajstić information content (AvgIpc) is 2.91. The zero-order chi connectivity index (χ0) is 12.9. The first-order valence-corrected chi connectivity index (χ1v) is 7.99. The molecule has 0 bridgehead atoms. The molecule has 3 rings (SSSR count). The maximum absolute atomic E-state index is 12.5. The van der Waals surface area contributed by atoms with E-state index in [-0.39, 0.29) is 9.63 Å². The fraction of sp³-hybridized carbons (Fsp3) is 0.778. The van der Waals surface area contributed by atoms with Crippen molar-refractivity contribution in [2.45, 2.75) is 5.03 Å². The largest absolute Gasteiger partial charge is 0.316 e. The Balaban J connectivity index is 1.92. The van der Waals surface area contributed by atoms with E-state index in [1.165, 1.54) is 4.68 Å². The predicted octanol–water partition coefficient (Wildman–Crippen LogP) is -0.583. The van der Waals surface area contributed by atoms with Crippen molar-refractivity contribution in [3.8, 4) is 0 Å². The van der Waals surface area contributed by atoms with Crippen LogP contribution in [0.1, 0.15) is 0 Å². The minimum Gasteiger partial charge on any atom is -0.316 e. The fourth-order valence-corrected chi connectivity index (χ4v) is 5.31. The summed E-state index contributed by atoms with van der Waals surface area (Å²) >= 11 is 3.15. The Hall–Kier alpha value is -0.510. The van der Waals surface area contributed by atoms with Crippen LogP contribution in [0.4, 0.5) is 0 Å². The lowest BCUT2D eigenvalue weighted by Crippen LogP contribution is -2.33. The SMILES string of the molecule is Cn1nnc(Br)c1S(=O)(=O)N1C[C@H]2CNC[C@H]2C1. The highest BCUT2D eigenvalue weighted by molar-refractivity contribution is 9.10. The average molecular weight is 336 g/mol. The van der Waals surface area contributed by atoms with E-state index in [0.29, 0.717) is 24.9 Å². The van der Waals surface area contributed by atoms with Crippen LogP contribution in [0.2, 0.25) is 0 Å². The zero-order valence-corrected chi connectivity index (χ0v) is 12.3. The zero-order valence-electron chi connectivity index (χ0n) is 9.87. The number of sulfonamides is 1. The molecule has 0 aromatic carbocycles. The van der Waals surface area contributed by atoms with Crippen molar-refractivity contribution in [1.82, 2.24) is 24.6 Å². The Morgan fingerprint density at radius 1 is 1.33 bits per heavy atom. The van der Waals surface area contributed by atoms with Gasteiger partial charge in [0.1, 0.15) is 0 Å². The maximum atomic E-state index is 12.5. The van der Waals surface area contributed by atoms with Crippen molar-refractivity contribution in [2.24, 2.45) is 18.9 Å². The highest BCUT2D eigenvalue weighted by Gasteiger charge is 2.43. The van der Waals surface area contributed by atoms with Gasteiger partial charge in [0.15, 0.2) is 4.60 Å². The third-order valence-electron chi connectivity index (χ3n) is 3.68. The van der Waals surface area contributed by atoms with Crippen LogP contribution in [0, 0.1) is 11.8 Å².